The van der Waals surface area contributed by atoms with Crippen LogP contribution in [-0.4, -0.2) is 30.5 Å². The summed E-state index contributed by atoms with van der Waals surface area (Å²) in [5, 5.41) is 1.08. The van der Waals surface area contributed by atoms with Gasteiger partial charge in [-0.2, -0.15) is 0 Å². The Labute approximate surface area is 136 Å². The molecule has 1 saturated heterocycles. The summed E-state index contributed by atoms with van der Waals surface area (Å²) in [5.41, 5.74) is 0. The Bertz CT molecular complexity index is 493. The number of carbonyl (C=O) groups excluding carboxylic acids is 1. The van der Waals surface area contributed by atoms with Crippen LogP contribution in [0.25, 0.3) is 0 Å². The van der Waals surface area contributed by atoms with E-state index in [-0.39, 0.29) is 5.91 Å². The lowest BCUT2D eigenvalue weighted by atomic mass is 10.00. The van der Waals surface area contributed by atoms with E-state index in [0.717, 1.165) is 19.5 Å². The SMILES string of the molecule is CC1CCCN(C(=O)CCCOc2ccc(Cl)cc2Cl)C1. The average molecular weight is 330 g/mol. The number of hydrogen-bond donors (Lipinski definition) is 0. The first-order chi connectivity index (χ1) is 10.1. The van der Waals surface area contributed by atoms with Crippen molar-refractivity contribution in [2.24, 2.45) is 5.92 Å². The van der Waals surface area contributed by atoms with Gasteiger partial charge in [0, 0.05) is 24.5 Å². The third kappa shape index (κ3) is 5.08. The molecule has 3 nitrogen and oxygen atoms in total. The van der Waals surface area contributed by atoms with E-state index in [1.807, 2.05) is 4.90 Å². The highest BCUT2D eigenvalue weighted by Crippen LogP contribution is 2.27. The minimum atomic E-state index is 0.229. The molecule has 2 rings (SSSR count). The molecule has 0 radical (unpaired) electrons. The van der Waals surface area contributed by atoms with Crippen LogP contribution in [0.1, 0.15) is 32.6 Å². The lowest BCUT2D eigenvalue weighted by Crippen LogP contribution is -2.39. The maximum Gasteiger partial charge on any atom is 0.222 e. The highest BCUT2D eigenvalue weighted by molar-refractivity contribution is 6.35. The summed E-state index contributed by atoms with van der Waals surface area (Å²) in [4.78, 5) is 14.1. The molecule has 116 valence electrons. The first kappa shape index (κ1) is 16.4. The fourth-order valence-corrected chi connectivity index (χ4v) is 3.03. The minimum absolute atomic E-state index is 0.229. The van der Waals surface area contributed by atoms with Gasteiger partial charge in [-0.25, -0.2) is 0 Å². The van der Waals surface area contributed by atoms with Gasteiger partial charge in [0.2, 0.25) is 5.91 Å². The van der Waals surface area contributed by atoms with Crippen LogP contribution >= 0.6 is 23.2 Å². The van der Waals surface area contributed by atoms with Gasteiger partial charge in [0.15, 0.2) is 0 Å². The number of halogens is 2. The van der Waals surface area contributed by atoms with Gasteiger partial charge in [0.05, 0.1) is 11.6 Å². The molecule has 1 unspecified atom stereocenters. The summed E-state index contributed by atoms with van der Waals surface area (Å²) in [6.07, 6.45) is 3.56. The van der Waals surface area contributed by atoms with Crippen LogP contribution < -0.4 is 4.74 Å². The number of benzene rings is 1. The lowest BCUT2D eigenvalue weighted by molar-refractivity contribution is -0.133. The Morgan fingerprint density at radius 3 is 2.95 bits per heavy atom. The number of nitrogens with zero attached hydrogens (tertiary/aromatic N) is 1. The second-order valence-electron chi connectivity index (χ2n) is 5.61. The van der Waals surface area contributed by atoms with Crippen molar-refractivity contribution in [2.75, 3.05) is 19.7 Å². The van der Waals surface area contributed by atoms with E-state index < -0.39 is 0 Å². The van der Waals surface area contributed by atoms with E-state index in [1.165, 1.54) is 6.42 Å². The molecule has 1 aliphatic rings. The molecular weight excluding hydrogens is 309 g/mol. The zero-order valence-electron chi connectivity index (χ0n) is 12.3. The van der Waals surface area contributed by atoms with Gasteiger partial charge >= 0.3 is 0 Å². The number of ether oxygens (including phenoxy) is 1. The fourth-order valence-electron chi connectivity index (χ4n) is 2.57. The molecule has 1 heterocycles. The summed E-state index contributed by atoms with van der Waals surface area (Å²) >= 11 is 11.9. The minimum Gasteiger partial charge on any atom is -0.492 e. The fraction of sp³-hybridized carbons (Fsp3) is 0.562. The molecule has 1 aliphatic heterocycles. The molecule has 1 fully saturated rings. The van der Waals surface area contributed by atoms with Crippen molar-refractivity contribution in [3.63, 3.8) is 0 Å². The number of hydrogen-bond acceptors (Lipinski definition) is 2. The van der Waals surface area contributed by atoms with Crippen molar-refractivity contribution in [1.82, 2.24) is 4.90 Å². The van der Waals surface area contributed by atoms with Crippen LogP contribution in [-0.2, 0) is 4.79 Å². The van der Waals surface area contributed by atoms with Crippen LogP contribution in [0, 0.1) is 5.92 Å². The Morgan fingerprint density at radius 1 is 1.43 bits per heavy atom. The first-order valence-electron chi connectivity index (χ1n) is 7.42. The number of carbonyl (C=O) groups is 1. The normalized spacial score (nSPS) is 18.6. The third-order valence-electron chi connectivity index (χ3n) is 3.70. The van der Waals surface area contributed by atoms with Crippen molar-refractivity contribution in [1.29, 1.82) is 0 Å². The predicted octanol–water partition coefficient (Wildman–Crippen LogP) is 4.41. The van der Waals surface area contributed by atoms with E-state index in [9.17, 15) is 4.79 Å². The monoisotopic (exact) mass is 329 g/mol. The summed E-state index contributed by atoms with van der Waals surface area (Å²) in [6, 6.07) is 5.14. The van der Waals surface area contributed by atoms with Gasteiger partial charge in [-0.15, -0.1) is 0 Å². The highest BCUT2D eigenvalue weighted by atomic mass is 35.5. The Hall–Kier alpha value is -0.930. The Balaban J connectivity index is 1.70. The number of rotatable bonds is 5. The van der Waals surface area contributed by atoms with E-state index in [2.05, 4.69) is 6.92 Å². The molecule has 1 amide bonds. The summed E-state index contributed by atoms with van der Waals surface area (Å²) in [6.45, 7) is 4.47. The number of likely N-dealkylation sites (tertiary alicyclic amines) is 1. The molecule has 0 aliphatic carbocycles. The van der Waals surface area contributed by atoms with Crippen LogP contribution in [0.3, 0.4) is 0 Å². The molecule has 1 atom stereocenters. The molecule has 0 aromatic heterocycles. The molecule has 5 heteroatoms. The van der Waals surface area contributed by atoms with Crippen molar-refractivity contribution >= 4 is 29.1 Å². The predicted molar refractivity (Wildman–Crippen MR) is 86.2 cm³/mol. The van der Waals surface area contributed by atoms with Crippen LogP contribution in [0.15, 0.2) is 18.2 Å². The van der Waals surface area contributed by atoms with Crippen molar-refractivity contribution in [2.45, 2.75) is 32.6 Å². The summed E-state index contributed by atoms with van der Waals surface area (Å²) < 4.78 is 5.59. The maximum absolute atomic E-state index is 12.1. The van der Waals surface area contributed by atoms with Crippen molar-refractivity contribution in [3.8, 4) is 5.75 Å². The van der Waals surface area contributed by atoms with E-state index in [0.29, 0.717) is 41.2 Å². The molecule has 1 aromatic rings. The van der Waals surface area contributed by atoms with E-state index in [1.54, 1.807) is 18.2 Å². The quantitative estimate of drug-likeness (QED) is 0.749. The Morgan fingerprint density at radius 2 is 2.24 bits per heavy atom. The van der Waals surface area contributed by atoms with Crippen LogP contribution in [0.5, 0.6) is 5.75 Å². The van der Waals surface area contributed by atoms with Gasteiger partial charge in [0.1, 0.15) is 5.75 Å². The van der Waals surface area contributed by atoms with Crippen molar-refractivity contribution in [3.05, 3.63) is 28.2 Å². The zero-order chi connectivity index (χ0) is 15.2. The van der Waals surface area contributed by atoms with Crippen LogP contribution in [0.2, 0.25) is 10.0 Å². The van der Waals surface area contributed by atoms with Crippen LogP contribution in [0.4, 0.5) is 0 Å². The highest BCUT2D eigenvalue weighted by Gasteiger charge is 2.20. The molecule has 0 saturated carbocycles. The first-order valence-corrected chi connectivity index (χ1v) is 8.17. The third-order valence-corrected chi connectivity index (χ3v) is 4.23. The second kappa shape index (κ2) is 7.90. The van der Waals surface area contributed by atoms with Gasteiger partial charge in [-0.05, 0) is 43.4 Å². The van der Waals surface area contributed by atoms with Gasteiger partial charge < -0.3 is 9.64 Å². The second-order valence-corrected chi connectivity index (χ2v) is 6.46. The molecule has 0 bridgehead atoms. The summed E-state index contributed by atoms with van der Waals surface area (Å²) in [7, 11) is 0. The largest absolute Gasteiger partial charge is 0.492 e. The van der Waals surface area contributed by atoms with E-state index >= 15 is 0 Å². The molecule has 21 heavy (non-hydrogen) atoms. The lowest BCUT2D eigenvalue weighted by Gasteiger charge is -2.31. The smallest absolute Gasteiger partial charge is 0.222 e. The van der Waals surface area contributed by atoms with Gasteiger partial charge in [-0.1, -0.05) is 30.1 Å². The molecule has 0 N–H and O–H groups in total. The maximum atomic E-state index is 12.1. The standard InChI is InChI=1S/C16H21Cl2NO2/c1-12-4-2-8-19(11-12)16(20)5-3-9-21-15-7-6-13(17)10-14(15)18/h6-7,10,12H,2-5,8-9,11H2,1H3. The summed E-state index contributed by atoms with van der Waals surface area (Å²) in [5.74, 6) is 1.46. The van der Waals surface area contributed by atoms with Gasteiger partial charge in [-0.3, -0.25) is 4.79 Å². The Kier molecular flexibility index (Phi) is 6.19. The topological polar surface area (TPSA) is 29.5 Å². The number of amides is 1. The molecule has 1 aromatic carbocycles. The number of piperidine rings is 1. The van der Waals surface area contributed by atoms with Crippen molar-refractivity contribution < 1.29 is 9.53 Å². The van der Waals surface area contributed by atoms with E-state index in [4.69, 9.17) is 27.9 Å². The molecular formula is C16H21Cl2NO2. The zero-order valence-corrected chi connectivity index (χ0v) is 13.8. The molecule has 0 spiro atoms. The average Bonchev–Trinajstić information content (AvgIpc) is 2.45. The van der Waals surface area contributed by atoms with Gasteiger partial charge in [0.25, 0.3) is 0 Å².